The molecule has 104 valence electrons. The van der Waals surface area contributed by atoms with Crippen LogP contribution in [-0.2, 0) is 0 Å². The first kappa shape index (κ1) is 13.0. The molecule has 3 aromatic heterocycles. The number of amides is 1. The average Bonchev–Trinajstić information content (AvgIpc) is 2.94. The zero-order valence-electron chi connectivity index (χ0n) is 11.3. The summed E-state index contributed by atoms with van der Waals surface area (Å²) in [5.41, 5.74) is 7.48. The highest BCUT2D eigenvalue weighted by atomic mass is 16.4. The second-order valence-electron chi connectivity index (χ2n) is 4.46. The Hall–Kier alpha value is -3.02. The number of pyridine rings is 2. The molecule has 0 fully saturated rings. The Morgan fingerprint density at radius 1 is 1.19 bits per heavy atom. The van der Waals surface area contributed by atoms with Gasteiger partial charge in [-0.25, -0.2) is 4.98 Å². The molecule has 21 heavy (non-hydrogen) atoms. The van der Waals surface area contributed by atoms with Crippen LogP contribution in [0.25, 0.3) is 22.9 Å². The lowest BCUT2D eigenvalue weighted by molar-refractivity contribution is 0.0996. The highest BCUT2D eigenvalue weighted by Gasteiger charge is 2.21. The molecule has 0 radical (unpaired) electrons. The summed E-state index contributed by atoms with van der Waals surface area (Å²) < 4.78 is 5.67. The standard InChI is InChI=1S/C15H12N4O2/c1-9-5-6-10(8-18-9)15-19-12(14(16)20)13(21-15)11-4-2-3-7-17-11/h2-8H,1H3,(H2,16,20). The van der Waals surface area contributed by atoms with Crippen molar-refractivity contribution < 1.29 is 9.21 Å². The van der Waals surface area contributed by atoms with E-state index in [1.54, 1.807) is 30.6 Å². The SMILES string of the molecule is Cc1ccc(-c2nc(C(N)=O)c(-c3ccccn3)o2)cn1. The minimum Gasteiger partial charge on any atom is -0.434 e. The van der Waals surface area contributed by atoms with Crippen LogP contribution in [0.1, 0.15) is 16.2 Å². The van der Waals surface area contributed by atoms with E-state index in [1.165, 1.54) is 0 Å². The Bertz CT molecular complexity index is 779. The van der Waals surface area contributed by atoms with Crippen LogP contribution in [0.5, 0.6) is 0 Å². The topological polar surface area (TPSA) is 94.9 Å². The molecule has 3 heterocycles. The quantitative estimate of drug-likeness (QED) is 0.793. The van der Waals surface area contributed by atoms with Crippen molar-refractivity contribution in [3.05, 3.63) is 54.1 Å². The molecule has 0 unspecified atom stereocenters. The zero-order chi connectivity index (χ0) is 14.8. The maximum absolute atomic E-state index is 11.6. The van der Waals surface area contributed by atoms with E-state index >= 15 is 0 Å². The van der Waals surface area contributed by atoms with E-state index in [1.807, 2.05) is 19.1 Å². The number of aromatic nitrogens is 3. The number of nitrogens with zero attached hydrogens (tertiary/aromatic N) is 3. The van der Waals surface area contributed by atoms with Gasteiger partial charge in [-0.2, -0.15) is 0 Å². The molecule has 0 aromatic carbocycles. The van der Waals surface area contributed by atoms with Gasteiger partial charge in [0, 0.05) is 18.1 Å². The molecule has 0 aliphatic carbocycles. The normalized spacial score (nSPS) is 10.5. The summed E-state index contributed by atoms with van der Waals surface area (Å²) >= 11 is 0. The van der Waals surface area contributed by atoms with Crippen LogP contribution < -0.4 is 5.73 Å². The molecule has 0 saturated heterocycles. The van der Waals surface area contributed by atoms with Gasteiger partial charge < -0.3 is 10.2 Å². The number of hydrogen-bond donors (Lipinski definition) is 1. The maximum atomic E-state index is 11.6. The van der Waals surface area contributed by atoms with Crippen molar-refractivity contribution in [2.75, 3.05) is 0 Å². The summed E-state index contributed by atoms with van der Waals surface area (Å²) in [6.07, 6.45) is 3.24. The third-order valence-electron chi connectivity index (χ3n) is 2.92. The van der Waals surface area contributed by atoms with Crippen molar-refractivity contribution in [2.45, 2.75) is 6.92 Å². The minimum absolute atomic E-state index is 0.0595. The molecule has 6 nitrogen and oxygen atoms in total. The number of primary amides is 1. The van der Waals surface area contributed by atoms with Gasteiger partial charge in [0.1, 0.15) is 5.69 Å². The molecule has 3 rings (SSSR count). The fourth-order valence-corrected chi connectivity index (χ4v) is 1.88. The van der Waals surface area contributed by atoms with Crippen molar-refractivity contribution in [2.24, 2.45) is 5.73 Å². The number of rotatable bonds is 3. The molecular weight excluding hydrogens is 268 g/mol. The van der Waals surface area contributed by atoms with E-state index in [0.29, 0.717) is 11.3 Å². The first-order valence-corrected chi connectivity index (χ1v) is 6.30. The summed E-state index contributed by atoms with van der Waals surface area (Å²) in [6, 6.07) is 8.95. The Balaban J connectivity index is 2.13. The van der Waals surface area contributed by atoms with Gasteiger partial charge in [0.25, 0.3) is 5.91 Å². The Kier molecular flexibility index (Phi) is 3.19. The van der Waals surface area contributed by atoms with E-state index in [2.05, 4.69) is 15.0 Å². The van der Waals surface area contributed by atoms with E-state index in [9.17, 15) is 4.79 Å². The van der Waals surface area contributed by atoms with Gasteiger partial charge in [0.05, 0.1) is 5.56 Å². The number of hydrogen-bond acceptors (Lipinski definition) is 5. The summed E-state index contributed by atoms with van der Waals surface area (Å²) in [5, 5.41) is 0. The molecule has 3 aromatic rings. The molecule has 2 N–H and O–H groups in total. The molecule has 0 bridgehead atoms. The van der Waals surface area contributed by atoms with Crippen molar-refractivity contribution in [1.82, 2.24) is 15.0 Å². The largest absolute Gasteiger partial charge is 0.434 e. The lowest BCUT2D eigenvalue weighted by Gasteiger charge is -1.97. The van der Waals surface area contributed by atoms with Gasteiger partial charge in [0.15, 0.2) is 11.5 Å². The maximum Gasteiger partial charge on any atom is 0.271 e. The number of aryl methyl sites for hydroxylation is 1. The third kappa shape index (κ3) is 2.51. The molecule has 1 amide bonds. The van der Waals surface area contributed by atoms with Gasteiger partial charge in [-0.05, 0) is 31.2 Å². The summed E-state index contributed by atoms with van der Waals surface area (Å²) in [4.78, 5) is 24.1. The Morgan fingerprint density at radius 2 is 2.05 bits per heavy atom. The summed E-state index contributed by atoms with van der Waals surface area (Å²) in [5.74, 6) is -0.110. The lowest BCUT2D eigenvalue weighted by atomic mass is 10.2. The van der Waals surface area contributed by atoms with Crippen LogP contribution >= 0.6 is 0 Å². The van der Waals surface area contributed by atoms with Crippen LogP contribution in [0.15, 0.2) is 47.1 Å². The van der Waals surface area contributed by atoms with Crippen molar-refractivity contribution in [3.8, 4) is 22.9 Å². The van der Waals surface area contributed by atoms with E-state index in [4.69, 9.17) is 10.2 Å². The van der Waals surface area contributed by atoms with Gasteiger partial charge in [-0.1, -0.05) is 6.07 Å². The molecule has 0 atom stereocenters. The van der Waals surface area contributed by atoms with Crippen LogP contribution in [0.2, 0.25) is 0 Å². The summed E-state index contributed by atoms with van der Waals surface area (Å²) in [7, 11) is 0. The first-order valence-electron chi connectivity index (χ1n) is 6.30. The van der Waals surface area contributed by atoms with Crippen LogP contribution in [-0.4, -0.2) is 20.9 Å². The van der Waals surface area contributed by atoms with Crippen molar-refractivity contribution >= 4 is 5.91 Å². The molecule has 0 aliphatic heterocycles. The fraction of sp³-hybridized carbons (Fsp3) is 0.0667. The van der Waals surface area contributed by atoms with E-state index in [-0.39, 0.29) is 17.3 Å². The lowest BCUT2D eigenvalue weighted by Crippen LogP contribution is -2.12. The molecule has 6 heteroatoms. The van der Waals surface area contributed by atoms with Crippen LogP contribution in [0.4, 0.5) is 0 Å². The predicted octanol–water partition coefficient (Wildman–Crippen LogP) is 2.21. The first-order chi connectivity index (χ1) is 10.1. The van der Waals surface area contributed by atoms with Crippen molar-refractivity contribution in [3.63, 3.8) is 0 Å². The van der Waals surface area contributed by atoms with Crippen molar-refractivity contribution in [1.29, 1.82) is 0 Å². The fourth-order valence-electron chi connectivity index (χ4n) is 1.88. The van der Waals surface area contributed by atoms with Crippen LogP contribution in [0.3, 0.4) is 0 Å². The van der Waals surface area contributed by atoms with Gasteiger partial charge in [-0.3, -0.25) is 14.8 Å². The monoisotopic (exact) mass is 280 g/mol. The summed E-state index contributed by atoms with van der Waals surface area (Å²) in [6.45, 7) is 1.88. The van der Waals surface area contributed by atoms with Crippen LogP contribution in [0, 0.1) is 6.92 Å². The highest BCUT2D eigenvalue weighted by molar-refractivity contribution is 5.96. The molecular formula is C15H12N4O2. The number of nitrogens with two attached hydrogens (primary N) is 1. The van der Waals surface area contributed by atoms with Gasteiger partial charge in [0.2, 0.25) is 5.89 Å². The number of oxazole rings is 1. The number of carbonyl (C=O) groups is 1. The molecule has 0 aliphatic rings. The van der Waals surface area contributed by atoms with Gasteiger partial charge in [-0.15, -0.1) is 0 Å². The Labute approximate surface area is 120 Å². The van der Waals surface area contributed by atoms with Gasteiger partial charge >= 0.3 is 0 Å². The minimum atomic E-state index is -0.661. The molecule has 0 saturated carbocycles. The molecule has 0 spiro atoms. The van der Waals surface area contributed by atoms with E-state index in [0.717, 1.165) is 5.69 Å². The Morgan fingerprint density at radius 3 is 2.67 bits per heavy atom. The zero-order valence-corrected chi connectivity index (χ0v) is 11.3. The smallest absolute Gasteiger partial charge is 0.271 e. The average molecular weight is 280 g/mol. The third-order valence-corrected chi connectivity index (χ3v) is 2.92. The number of carbonyl (C=O) groups excluding carboxylic acids is 1. The van der Waals surface area contributed by atoms with E-state index < -0.39 is 5.91 Å². The predicted molar refractivity (Wildman–Crippen MR) is 76.2 cm³/mol. The second kappa shape index (κ2) is 5.16. The second-order valence-corrected chi connectivity index (χ2v) is 4.46. The highest BCUT2D eigenvalue weighted by Crippen LogP contribution is 2.28.